The van der Waals surface area contributed by atoms with Crippen LogP contribution in [0.1, 0.15) is 73.6 Å². The van der Waals surface area contributed by atoms with Crippen molar-refractivity contribution in [1.82, 2.24) is 10.2 Å². The third kappa shape index (κ3) is 6.28. The lowest BCUT2D eigenvalue weighted by Gasteiger charge is -2.45. The van der Waals surface area contributed by atoms with Gasteiger partial charge in [-0.3, -0.25) is 14.4 Å². The number of ketones is 1. The molecule has 2 amide bonds. The zero-order valence-corrected chi connectivity index (χ0v) is 21.2. The standard InChI is InChI=1S/C28H28F6N2O3/c1-17(18-13-20(27(29,30)31)15-21(14-18)28(32,33)34)25(39)35-26(19-5-3-2-4-6-19)10-7-22(8-11-26)36-12-9-23(37)16-24(36)38/h2-6,13-15,17,22H,7-12,16H2,1H3,(H,35,39). The molecule has 210 valence electrons. The van der Waals surface area contributed by atoms with Gasteiger partial charge in [0.1, 0.15) is 5.78 Å². The van der Waals surface area contributed by atoms with Crippen LogP contribution in [-0.4, -0.2) is 35.1 Å². The Morgan fingerprint density at radius 2 is 1.51 bits per heavy atom. The van der Waals surface area contributed by atoms with E-state index in [9.17, 15) is 40.7 Å². The Kier molecular flexibility index (Phi) is 7.82. The highest BCUT2D eigenvalue weighted by molar-refractivity contribution is 6.00. The summed E-state index contributed by atoms with van der Waals surface area (Å²) in [5, 5.41) is 2.95. The van der Waals surface area contributed by atoms with Crippen molar-refractivity contribution in [3.8, 4) is 0 Å². The molecular formula is C28H28F6N2O3. The molecule has 5 nitrogen and oxygen atoms in total. The second-order valence-corrected chi connectivity index (χ2v) is 10.3. The van der Waals surface area contributed by atoms with Gasteiger partial charge in [-0.2, -0.15) is 26.3 Å². The molecule has 0 radical (unpaired) electrons. The van der Waals surface area contributed by atoms with Crippen LogP contribution >= 0.6 is 0 Å². The van der Waals surface area contributed by atoms with E-state index in [1.54, 1.807) is 23.1 Å². The first-order valence-electron chi connectivity index (χ1n) is 12.7. The molecule has 2 aromatic rings. The van der Waals surface area contributed by atoms with Crippen LogP contribution in [-0.2, 0) is 32.3 Å². The van der Waals surface area contributed by atoms with Crippen LogP contribution in [0.3, 0.4) is 0 Å². The zero-order valence-electron chi connectivity index (χ0n) is 21.2. The maximum Gasteiger partial charge on any atom is 0.416 e. The van der Waals surface area contributed by atoms with E-state index in [2.05, 4.69) is 5.32 Å². The topological polar surface area (TPSA) is 66.5 Å². The first-order chi connectivity index (χ1) is 18.2. The number of carbonyl (C=O) groups is 3. The smallest absolute Gasteiger partial charge is 0.346 e. The van der Waals surface area contributed by atoms with Crippen molar-refractivity contribution in [3.63, 3.8) is 0 Å². The van der Waals surface area contributed by atoms with Gasteiger partial charge >= 0.3 is 12.4 Å². The van der Waals surface area contributed by atoms with Crippen molar-refractivity contribution in [3.05, 3.63) is 70.8 Å². The van der Waals surface area contributed by atoms with E-state index in [4.69, 9.17) is 0 Å². The second kappa shape index (κ2) is 10.7. The highest BCUT2D eigenvalue weighted by Crippen LogP contribution is 2.41. The van der Waals surface area contributed by atoms with Gasteiger partial charge in [0.25, 0.3) is 0 Å². The molecule has 2 fully saturated rings. The molecule has 1 aliphatic carbocycles. The number of benzene rings is 2. The molecule has 11 heteroatoms. The number of piperidine rings is 1. The lowest BCUT2D eigenvalue weighted by Crippen LogP contribution is -2.54. The van der Waals surface area contributed by atoms with Gasteiger partial charge in [0.15, 0.2) is 0 Å². The fourth-order valence-electron chi connectivity index (χ4n) is 5.49. The number of hydrogen-bond donors (Lipinski definition) is 1. The first-order valence-corrected chi connectivity index (χ1v) is 12.7. The summed E-state index contributed by atoms with van der Waals surface area (Å²) in [5.74, 6) is -2.34. The number of likely N-dealkylation sites (tertiary alicyclic amines) is 1. The van der Waals surface area contributed by atoms with E-state index in [1.807, 2.05) is 12.1 Å². The highest BCUT2D eigenvalue weighted by atomic mass is 19.4. The van der Waals surface area contributed by atoms with E-state index in [-0.39, 0.29) is 36.6 Å². The summed E-state index contributed by atoms with van der Waals surface area (Å²) in [5.41, 5.74) is -3.52. The molecule has 2 aromatic carbocycles. The van der Waals surface area contributed by atoms with Gasteiger partial charge in [0, 0.05) is 19.0 Å². The average Bonchev–Trinajstić information content (AvgIpc) is 2.88. The number of amides is 2. The molecule has 1 saturated carbocycles. The Balaban J connectivity index is 1.59. The summed E-state index contributed by atoms with van der Waals surface area (Å²) in [6.45, 7) is 1.61. The minimum Gasteiger partial charge on any atom is -0.346 e. The first kappa shape index (κ1) is 28.6. The van der Waals surface area contributed by atoms with Gasteiger partial charge in [-0.25, -0.2) is 0 Å². The number of hydrogen-bond acceptors (Lipinski definition) is 3. The monoisotopic (exact) mass is 554 g/mol. The number of halogens is 6. The SMILES string of the molecule is CC(C(=O)NC1(c2ccccc2)CCC(N2CCC(=O)CC2=O)CC1)c1cc(C(F)(F)F)cc(C(F)(F)F)c1. The second-order valence-electron chi connectivity index (χ2n) is 10.3. The summed E-state index contributed by atoms with van der Waals surface area (Å²) in [7, 11) is 0. The number of nitrogens with zero attached hydrogens (tertiary/aromatic N) is 1. The van der Waals surface area contributed by atoms with Crippen LogP contribution in [0.5, 0.6) is 0 Å². The van der Waals surface area contributed by atoms with Crippen molar-refractivity contribution in [2.24, 2.45) is 0 Å². The third-order valence-corrected chi connectivity index (χ3v) is 7.74. The third-order valence-electron chi connectivity index (χ3n) is 7.74. The van der Waals surface area contributed by atoms with Crippen LogP contribution in [0.25, 0.3) is 0 Å². The summed E-state index contributed by atoms with van der Waals surface area (Å²) < 4.78 is 80.3. The minimum atomic E-state index is -5.02. The number of rotatable bonds is 5. The van der Waals surface area contributed by atoms with Crippen molar-refractivity contribution in [1.29, 1.82) is 0 Å². The largest absolute Gasteiger partial charge is 0.416 e. The fourth-order valence-corrected chi connectivity index (χ4v) is 5.49. The van der Waals surface area contributed by atoms with E-state index >= 15 is 0 Å². The van der Waals surface area contributed by atoms with Crippen molar-refractivity contribution >= 4 is 17.6 Å². The molecule has 1 heterocycles. The highest BCUT2D eigenvalue weighted by Gasteiger charge is 2.43. The lowest BCUT2D eigenvalue weighted by molar-refractivity contribution is -0.144. The quantitative estimate of drug-likeness (QED) is 0.366. The molecule has 0 aromatic heterocycles. The minimum absolute atomic E-state index is 0.0380. The van der Waals surface area contributed by atoms with E-state index in [1.165, 1.54) is 6.92 Å². The lowest BCUT2D eigenvalue weighted by atomic mass is 9.74. The summed E-state index contributed by atoms with van der Waals surface area (Å²) in [6.07, 6.45) is -8.08. The molecule has 2 aliphatic rings. The van der Waals surface area contributed by atoms with Crippen molar-refractivity contribution in [2.75, 3.05) is 6.54 Å². The predicted octanol–water partition coefficient (Wildman–Crippen LogP) is 5.97. The molecule has 1 atom stereocenters. The van der Waals surface area contributed by atoms with E-state index in [0.29, 0.717) is 44.4 Å². The van der Waals surface area contributed by atoms with Gasteiger partial charge in [-0.15, -0.1) is 0 Å². The number of nitrogens with one attached hydrogen (secondary N) is 1. The number of Topliss-reactive ketones (excluding diaryl/α,β-unsaturated/α-hetero) is 1. The summed E-state index contributed by atoms with van der Waals surface area (Å²) >= 11 is 0. The summed E-state index contributed by atoms with van der Waals surface area (Å²) in [4.78, 5) is 39.2. The maximum absolute atomic E-state index is 13.4. The molecular weight excluding hydrogens is 526 g/mol. The normalized spacial score (nSPS) is 23.5. The van der Waals surface area contributed by atoms with Gasteiger partial charge in [0.2, 0.25) is 11.8 Å². The van der Waals surface area contributed by atoms with E-state index < -0.39 is 46.4 Å². The van der Waals surface area contributed by atoms with Crippen molar-refractivity contribution in [2.45, 2.75) is 75.3 Å². The molecule has 1 unspecified atom stereocenters. The Morgan fingerprint density at radius 1 is 0.949 bits per heavy atom. The van der Waals surface area contributed by atoms with Gasteiger partial charge in [-0.1, -0.05) is 30.3 Å². The predicted molar refractivity (Wildman–Crippen MR) is 129 cm³/mol. The maximum atomic E-state index is 13.4. The van der Waals surface area contributed by atoms with Crippen LogP contribution in [0.15, 0.2) is 48.5 Å². The molecule has 4 rings (SSSR count). The van der Waals surface area contributed by atoms with Gasteiger partial charge < -0.3 is 10.2 Å². The molecule has 0 spiro atoms. The number of carbonyl (C=O) groups excluding carboxylic acids is 3. The fraction of sp³-hybridized carbons (Fsp3) is 0.464. The van der Waals surface area contributed by atoms with Crippen LogP contribution < -0.4 is 5.32 Å². The Morgan fingerprint density at radius 3 is 2.03 bits per heavy atom. The Hall–Kier alpha value is -3.37. The number of alkyl halides is 6. The van der Waals surface area contributed by atoms with Gasteiger partial charge in [-0.05, 0) is 61.9 Å². The Labute approximate surface area is 221 Å². The molecule has 1 saturated heterocycles. The van der Waals surface area contributed by atoms with Crippen molar-refractivity contribution < 1.29 is 40.7 Å². The van der Waals surface area contributed by atoms with Crippen LogP contribution in [0, 0.1) is 0 Å². The molecule has 0 bridgehead atoms. The van der Waals surface area contributed by atoms with E-state index in [0.717, 1.165) is 5.56 Å². The zero-order chi connectivity index (χ0) is 28.6. The summed E-state index contributed by atoms with van der Waals surface area (Å²) in [6, 6.07) is 10.0. The molecule has 1 N–H and O–H groups in total. The van der Waals surface area contributed by atoms with Gasteiger partial charge in [0.05, 0.1) is 29.0 Å². The average molecular weight is 555 g/mol. The Bertz CT molecular complexity index is 1200. The van der Waals surface area contributed by atoms with Crippen LogP contribution in [0.2, 0.25) is 0 Å². The van der Waals surface area contributed by atoms with Crippen LogP contribution in [0.4, 0.5) is 26.3 Å². The molecule has 1 aliphatic heterocycles. The molecule has 39 heavy (non-hydrogen) atoms.